The van der Waals surface area contributed by atoms with Crippen molar-refractivity contribution >= 4 is 11.7 Å². The number of benzene rings is 2. The van der Waals surface area contributed by atoms with Gasteiger partial charge in [0.25, 0.3) is 0 Å². The molecule has 2 aromatic carbocycles. The summed E-state index contributed by atoms with van der Waals surface area (Å²) >= 11 is 0. The minimum absolute atomic E-state index is 0.0181. The third-order valence-electron chi connectivity index (χ3n) is 6.65. The lowest BCUT2D eigenvalue weighted by molar-refractivity contribution is -0.122. The van der Waals surface area contributed by atoms with Crippen molar-refractivity contribution in [2.45, 2.75) is 71.1 Å². The number of Topliss-reactive ketones (excluding diaryl/α,β-unsaturated/α-hetero) is 1. The zero-order valence-corrected chi connectivity index (χ0v) is 20.4. The summed E-state index contributed by atoms with van der Waals surface area (Å²) in [4.78, 5) is 25.9. The Morgan fingerprint density at radius 1 is 0.909 bits per heavy atom. The van der Waals surface area contributed by atoms with E-state index in [1.807, 2.05) is 24.3 Å². The van der Waals surface area contributed by atoms with Gasteiger partial charge < -0.3 is 10.1 Å². The lowest BCUT2D eigenvalue weighted by Crippen LogP contribution is -2.38. The molecule has 0 radical (unpaired) electrons. The van der Waals surface area contributed by atoms with Crippen molar-refractivity contribution in [1.29, 1.82) is 0 Å². The molecular weight excluding hydrogens is 410 g/mol. The number of hydrogen-bond donors (Lipinski definition) is 1. The van der Waals surface area contributed by atoms with E-state index in [1.54, 1.807) is 0 Å². The topological polar surface area (TPSA) is 55.4 Å². The lowest BCUT2D eigenvalue weighted by atomic mass is 9.73. The number of amides is 1. The predicted molar refractivity (Wildman–Crippen MR) is 131 cm³/mol. The highest BCUT2D eigenvalue weighted by Crippen LogP contribution is 2.43. The highest BCUT2D eigenvalue weighted by Gasteiger charge is 2.38. The zero-order chi connectivity index (χ0) is 23.8. The second-order valence-corrected chi connectivity index (χ2v) is 10.9. The minimum atomic E-state index is -0.190. The molecule has 1 heterocycles. The number of carbonyl (C=O) groups excluding carboxylic acids is 2. The van der Waals surface area contributed by atoms with E-state index in [9.17, 15) is 9.59 Å². The highest BCUT2D eigenvalue weighted by molar-refractivity contribution is 6.02. The number of hydrogen-bond acceptors (Lipinski definition) is 3. The molecule has 1 aliphatic carbocycles. The maximum Gasteiger partial charge on any atom is 0.225 e. The first-order valence-corrected chi connectivity index (χ1v) is 12.0. The maximum absolute atomic E-state index is 13.3. The maximum atomic E-state index is 13.3. The van der Waals surface area contributed by atoms with Crippen LogP contribution in [0.1, 0.15) is 82.4 Å². The fraction of sp³-hybridized carbons (Fsp3) is 0.448. The van der Waals surface area contributed by atoms with Crippen molar-refractivity contribution in [2.24, 2.45) is 5.92 Å². The first kappa shape index (κ1) is 23.3. The minimum Gasteiger partial charge on any atom is -0.493 e. The van der Waals surface area contributed by atoms with Gasteiger partial charge in [-0.2, -0.15) is 0 Å². The van der Waals surface area contributed by atoms with Crippen LogP contribution in [0.5, 0.6) is 5.75 Å². The van der Waals surface area contributed by atoms with E-state index in [2.05, 4.69) is 64.2 Å². The standard InChI is InChI=1S/C29H35NO3/c1-18(2)17-33-23-12-8-20(9-13-23)24-16-27(32)30-25-14-21(15-26(31)28(24)25)19-6-10-22(11-7-19)29(3,4)5/h6-13,18,21,24H,14-17H2,1-5H3,(H,30,32). The normalized spacial score (nSPS) is 21.2. The van der Waals surface area contributed by atoms with Gasteiger partial charge in [-0.3, -0.25) is 9.59 Å². The number of nitrogens with one attached hydrogen (secondary N) is 1. The van der Waals surface area contributed by atoms with Gasteiger partial charge in [-0.15, -0.1) is 0 Å². The third kappa shape index (κ3) is 5.21. The highest BCUT2D eigenvalue weighted by atomic mass is 16.5. The number of ether oxygens (including phenoxy) is 1. The molecule has 4 heteroatoms. The predicted octanol–water partition coefficient (Wildman–Crippen LogP) is 6.02. The van der Waals surface area contributed by atoms with Crippen LogP contribution in [0.2, 0.25) is 0 Å². The Bertz CT molecular complexity index is 1060. The molecule has 0 spiro atoms. The Hall–Kier alpha value is -2.88. The first-order chi connectivity index (χ1) is 15.6. The summed E-state index contributed by atoms with van der Waals surface area (Å²) in [6.45, 7) is 11.5. The molecule has 174 valence electrons. The van der Waals surface area contributed by atoms with E-state index in [0.717, 1.165) is 28.1 Å². The molecule has 1 aliphatic heterocycles. The molecule has 0 fully saturated rings. The van der Waals surface area contributed by atoms with Crippen LogP contribution in [0.15, 0.2) is 59.8 Å². The van der Waals surface area contributed by atoms with E-state index < -0.39 is 0 Å². The van der Waals surface area contributed by atoms with E-state index in [0.29, 0.717) is 31.8 Å². The fourth-order valence-electron chi connectivity index (χ4n) is 4.80. The second-order valence-electron chi connectivity index (χ2n) is 10.9. The van der Waals surface area contributed by atoms with Gasteiger partial charge in [-0.25, -0.2) is 0 Å². The third-order valence-corrected chi connectivity index (χ3v) is 6.65. The van der Waals surface area contributed by atoms with Gasteiger partial charge in [0.1, 0.15) is 5.75 Å². The van der Waals surface area contributed by atoms with Crippen LogP contribution in [-0.2, 0) is 15.0 Å². The Labute approximate surface area is 197 Å². The Balaban J connectivity index is 1.57. The molecule has 0 saturated heterocycles. The van der Waals surface area contributed by atoms with Crippen LogP contribution < -0.4 is 10.1 Å². The van der Waals surface area contributed by atoms with Crippen molar-refractivity contribution in [2.75, 3.05) is 6.61 Å². The van der Waals surface area contributed by atoms with Gasteiger partial charge in [-0.1, -0.05) is 71.0 Å². The van der Waals surface area contributed by atoms with Crippen molar-refractivity contribution in [1.82, 2.24) is 5.32 Å². The van der Waals surface area contributed by atoms with Crippen LogP contribution in [-0.4, -0.2) is 18.3 Å². The average molecular weight is 446 g/mol. The quantitative estimate of drug-likeness (QED) is 0.612. The van der Waals surface area contributed by atoms with E-state index in [-0.39, 0.29) is 28.9 Å². The summed E-state index contributed by atoms with van der Waals surface area (Å²) in [7, 11) is 0. The summed E-state index contributed by atoms with van der Waals surface area (Å²) < 4.78 is 5.79. The van der Waals surface area contributed by atoms with Crippen molar-refractivity contribution in [3.8, 4) is 5.75 Å². The molecular formula is C29H35NO3. The molecule has 0 saturated carbocycles. The van der Waals surface area contributed by atoms with Gasteiger partial charge in [-0.05, 0) is 52.5 Å². The number of carbonyl (C=O) groups is 2. The molecule has 4 nitrogen and oxygen atoms in total. The SMILES string of the molecule is CC(C)COc1ccc(C2CC(=O)NC3=C2C(=O)CC(c2ccc(C(C)(C)C)cc2)C3)cc1. The molecule has 1 N–H and O–H groups in total. The first-order valence-electron chi connectivity index (χ1n) is 12.0. The van der Waals surface area contributed by atoms with Gasteiger partial charge in [0, 0.05) is 30.0 Å². The van der Waals surface area contributed by atoms with E-state index in [4.69, 9.17) is 4.74 Å². The molecule has 2 aliphatic rings. The summed E-state index contributed by atoms with van der Waals surface area (Å²) in [6, 6.07) is 16.5. The molecule has 4 rings (SSSR count). The Morgan fingerprint density at radius 3 is 2.15 bits per heavy atom. The molecule has 33 heavy (non-hydrogen) atoms. The van der Waals surface area contributed by atoms with Gasteiger partial charge in [0.2, 0.25) is 5.91 Å². The summed E-state index contributed by atoms with van der Waals surface area (Å²) in [5.74, 6) is 1.30. The molecule has 0 bridgehead atoms. The summed E-state index contributed by atoms with van der Waals surface area (Å²) in [5, 5.41) is 3.02. The van der Waals surface area contributed by atoms with Crippen LogP contribution in [0, 0.1) is 5.92 Å². The monoisotopic (exact) mass is 445 g/mol. The van der Waals surface area contributed by atoms with Gasteiger partial charge in [0.15, 0.2) is 5.78 Å². The van der Waals surface area contributed by atoms with Crippen molar-refractivity contribution in [3.05, 3.63) is 76.5 Å². The Morgan fingerprint density at radius 2 is 1.55 bits per heavy atom. The van der Waals surface area contributed by atoms with Gasteiger partial charge >= 0.3 is 0 Å². The van der Waals surface area contributed by atoms with Crippen LogP contribution in [0.4, 0.5) is 0 Å². The number of allylic oxidation sites excluding steroid dienone is 2. The van der Waals surface area contributed by atoms with Crippen LogP contribution >= 0.6 is 0 Å². The number of ketones is 1. The molecule has 2 aromatic rings. The lowest BCUT2D eigenvalue weighted by Gasteiger charge is -2.34. The number of rotatable bonds is 5. The molecule has 2 atom stereocenters. The Kier molecular flexibility index (Phi) is 6.47. The van der Waals surface area contributed by atoms with Crippen LogP contribution in [0.3, 0.4) is 0 Å². The molecule has 0 aromatic heterocycles. The zero-order valence-electron chi connectivity index (χ0n) is 20.4. The largest absolute Gasteiger partial charge is 0.493 e. The summed E-state index contributed by atoms with van der Waals surface area (Å²) in [6.07, 6.45) is 1.48. The second kappa shape index (κ2) is 9.17. The van der Waals surface area contributed by atoms with Crippen molar-refractivity contribution in [3.63, 3.8) is 0 Å². The molecule has 2 unspecified atom stereocenters. The van der Waals surface area contributed by atoms with E-state index in [1.165, 1.54) is 5.56 Å². The van der Waals surface area contributed by atoms with E-state index >= 15 is 0 Å². The van der Waals surface area contributed by atoms with Crippen LogP contribution in [0.25, 0.3) is 0 Å². The smallest absolute Gasteiger partial charge is 0.225 e. The molecule has 1 amide bonds. The van der Waals surface area contributed by atoms with Gasteiger partial charge in [0.05, 0.1) is 6.61 Å². The summed E-state index contributed by atoms with van der Waals surface area (Å²) in [5.41, 5.74) is 5.11. The van der Waals surface area contributed by atoms with Crippen molar-refractivity contribution < 1.29 is 14.3 Å². The average Bonchev–Trinajstić information content (AvgIpc) is 2.76. The fourth-order valence-corrected chi connectivity index (χ4v) is 4.80.